The van der Waals surface area contributed by atoms with Crippen molar-refractivity contribution in [3.05, 3.63) is 18.2 Å². The standard InChI is InChI=1S/C8H10N4OS/c1-12-4-10-3-5(12)8-11-7(13)6(2-9)14-8/h3-4,6H,2,9H2,1H3. The third-order valence-electron chi connectivity index (χ3n) is 1.99. The predicted octanol–water partition coefficient (Wildman–Crippen LogP) is -0.233. The molecule has 1 aromatic heterocycles. The van der Waals surface area contributed by atoms with Crippen LogP contribution in [0.4, 0.5) is 0 Å². The SMILES string of the molecule is Cn1cncc1C1=NC(=O)C(CN)S1. The number of carbonyl (C=O) groups excluding carboxylic acids is 1. The van der Waals surface area contributed by atoms with E-state index in [2.05, 4.69) is 9.98 Å². The molecule has 1 unspecified atom stereocenters. The zero-order chi connectivity index (χ0) is 10.1. The fourth-order valence-electron chi connectivity index (χ4n) is 1.21. The van der Waals surface area contributed by atoms with Crippen LogP contribution < -0.4 is 5.73 Å². The Kier molecular flexibility index (Phi) is 2.39. The third-order valence-corrected chi connectivity index (χ3v) is 3.19. The summed E-state index contributed by atoms with van der Waals surface area (Å²) in [5, 5.41) is 0.491. The van der Waals surface area contributed by atoms with Gasteiger partial charge in [-0.3, -0.25) is 4.79 Å². The van der Waals surface area contributed by atoms with Crippen molar-refractivity contribution in [2.75, 3.05) is 6.54 Å². The van der Waals surface area contributed by atoms with Gasteiger partial charge in [0.15, 0.2) is 0 Å². The fraction of sp³-hybridized carbons (Fsp3) is 0.375. The Bertz CT molecular complexity index is 398. The van der Waals surface area contributed by atoms with Crippen LogP contribution in [0.25, 0.3) is 0 Å². The first kappa shape index (κ1) is 9.42. The minimum Gasteiger partial charge on any atom is -0.332 e. The molecular formula is C8H10N4OS. The first-order valence-corrected chi connectivity index (χ1v) is 5.06. The van der Waals surface area contributed by atoms with E-state index < -0.39 is 0 Å². The van der Waals surface area contributed by atoms with Crippen molar-refractivity contribution in [2.45, 2.75) is 5.25 Å². The summed E-state index contributed by atoms with van der Waals surface area (Å²) < 4.78 is 1.83. The number of carbonyl (C=O) groups is 1. The second kappa shape index (κ2) is 3.55. The van der Waals surface area contributed by atoms with Gasteiger partial charge in [0.25, 0.3) is 5.91 Å². The number of hydrogen-bond donors (Lipinski definition) is 1. The Labute approximate surface area is 85.4 Å². The van der Waals surface area contributed by atoms with E-state index in [1.807, 2.05) is 11.6 Å². The van der Waals surface area contributed by atoms with Crippen LogP contribution in [-0.2, 0) is 11.8 Å². The quantitative estimate of drug-likeness (QED) is 0.731. The average molecular weight is 210 g/mol. The summed E-state index contributed by atoms with van der Waals surface area (Å²) in [4.78, 5) is 19.2. The molecule has 6 heteroatoms. The highest BCUT2D eigenvalue weighted by Crippen LogP contribution is 2.25. The lowest BCUT2D eigenvalue weighted by Gasteiger charge is -2.02. The van der Waals surface area contributed by atoms with E-state index in [4.69, 9.17) is 5.73 Å². The van der Waals surface area contributed by atoms with Gasteiger partial charge in [0.1, 0.15) is 10.3 Å². The highest BCUT2D eigenvalue weighted by atomic mass is 32.2. The molecule has 2 rings (SSSR count). The van der Waals surface area contributed by atoms with Gasteiger partial charge in [0.05, 0.1) is 18.2 Å². The molecule has 0 aromatic carbocycles. The molecule has 0 radical (unpaired) electrons. The zero-order valence-electron chi connectivity index (χ0n) is 7.67. The van der Waals surface area contributed by atoms with Gasteiger partial charge < -0.3 is 10.3 Å². The van der Waals surface area contributed by atoms with Gasteiger partial charge in [0, 0.05) is 13.6 Å². The normalized spacial score (nSPS) is 21.4. The molecule has 5 nitrogen and oxygen atoms in total. The van der Waals surface area contributed by atoms with Crippen LogP contribution in [0.5, 0.6) is 0 Å². The molecule has 1 aliphatic rings. The summed E-state index contributed by atoms with van der Waals surface area (Å²) in [6, 6.07) is 0. The lowest BCUT2D eigenvalue weighted by Crippen LogP contribution is -2.21. The highest BCUT2D eigenvalue weighted by Gasteiger charge is 2.28. The molecule has 0 fully saturated rings. The molecule has 14 heavy (non-hydrogen) atoms. The molecule has 1 aromatic rings. The van der Waals surface area contributed by atoms with Crippen LogP contribution in [0.15, 0.2) is 17.5 Å². The topological polar surface area (TPSA) is 73.3 Å². The summed E-state index contributed by atoms with van der Waals surface area (Å²) in [6.45, 7) is 0.328. The number of imidazole rings is 1. The number of nitrogens with two attached hydrogens (primary N) is 1. The second-order valence-corrected chi connectivity index (χ2v) is 4.18. The molecule has 0 saturated carbocycles. The Morgan fingerprint density at radius 2 is 2.50 bits per heavy atom. The van der Waals surface area contributed by atoms with Crippen LogP contribution in [0, 0.1) is 0 Å². The fourth-order valence-corrected chi connectivity index (χ4v) is 2.19. The van der Waals surface area contributed by atoms with Crippen molar-refractivity contribution >= 4 is 22.7 Å². The molecule has 2 heterocycles. The zero-order valence-corrected chi connectivity index (χ0v) is 8.49. The van der Waals surface area contributed by atoms with E-state index >= 15 is 0 Å². The van der Waals surface area contributed by atoms with Crippen molar-refractivity contribution in [3.8, 4) is 0 Å². The van der Waals surface area contributed by atoms with Crippen LogP contribution in [0.2, 0.25) is 0 Å². The summed E-state index contributed by atoms with van der Waals surface area (Å²) in [7, 11) is 1.87. The number of aliphatic imine (C=N–C) groups is 1. The molecule has 1 atom stereocenters. The number of thioether (sulfide) groups is 1. The first-order chi connectivity index (χ1) is 6.72. The third kappa shape index (κ3) is 1.46. The minimum absolute atomic E-state index is 0.145. The van der Waals surface area contributed by atoms with Gasteiger partial charge in [-0.15, -0.1) is 0 Å². The Hall–Kier alpha value is -1.14. The molecule has 2 N–H and O–H groups in total. The number of amides is 1. The van der Waals surface area contributed by atoms with Crippen molar-refractivity contribution in [1.29, 1.82) is 0 Å². The van der Waals surface area contributed by atoms with Gasteiger partial charge in [0.2, 0.25) is 0 Å². The average Bonchev–Trinajstić information content (AvgIpc) is 2.71. The lowest BCUT2D eigenvalue weighted by molar-refractivity contribution is -0.116. The minimum atomic E-state index is -0.222. The predicted molar refractivity (Wildman–Crippen MR) is 55.2 cm³/mol. The number of aromatic nitrogens is 2. The van der Waals surface area contributed by atoms with Crippen LogP contribution in [0.3, 0.4) is 0 Å². The largest absolute Gasteiger partial charge is 0.332 e. The van der Waals surface area contributed by atoms with Gasteiger partial charge in [-0.2, -0.15) is 0 Å². The molecule has 1 amide bonds. The van der Waals surface area contributed by atoms with Crippen molar-refractivity contribution in [1.82, 2.24) is 9.55 Å². The molecule has 0 spiro atoms. The highest BCUT2D eigenvalue weighted by molar-refractivity contribution is 8.16. The molecule has 1 aliphatic heterocycles. The van der Waals surface area contributed by atoms with E-state index in [1.54, 1.807) is 12.5 Å². The van der Waals surface area contributed by atoms with E-state index in [0.717, 1.165) is 5.69 Å². The smallest absolute Gasteiger partial charge is 0.261 e. The lowest BCUT2D eigenvalue weighted by atomic mass is 10.4. The van der Waals surface area contributed by atoms with Gasteiger partial charge in [-0.05, 0) is 0 Å². The Balaban J connectivity index is 2.27. The monoisotopic (exact) mass is 210 g/mol. The summed E-state index contributed by atoms with van der Waals surface area (Å²) in [5.41, 5.74) is 6.30. The number of aryl methyl sites for hydroxylation is 1. The van der Waals surface area contributed by atoms with Gasteiger partial charge in [-0.25, -0.2) is 9.98 Å². The molecular weight excluding hydrogens is 200 g/mol. The van der Waals surface area contributed by atoms with E-state index in [-0.39, 0.29) is 11.2 Å². The first-order valence-electron chi connectivity index (χ1n) is 4.18. The molecule has 0 saturated heterocycles. The second-order valence-electron chi connectivity index (χ2n) is 2.99. The van der Waals surface area contributed by atoms with Crippen LogP contribution >= 0.6 is 11.8 Å². The Morgan fingerprint density at radius 1 is 1.71 bits per heavy atom. The number of nitrogens with zero attached hydrogens (tertiary/aromatic N) is 3. The van der Waals surface area contributed by atoms with Gasteiger partial charge >= 0.3 is 0 Å². The maximum atomic E-state index is 11.3. The maximum Gasteiger partial charge on any atom is 0.261 e. The number of rotatable bonds is 2. The summed E-state index contributed by atoms with van der Waals surface area (Å²) in [5.74, 6) is -0.145. The van der Waals surface area contributed by atoms with Gasteiger partial charge in [-0.1, -0.05) is 11.8 Å². The summed E-state index contributed by atoms with van der Waals surface area (Å²) >= 11 is 1.41. The summed E-state index contributed by atoms with van der Waals surface area (Å²) in [6.07, 6.45) is 3.37. The van der Waals surface area contributed by atoms with Crippen LogP contribution in [0.1, 0.15) is 5.69 Å². The van der Waals surface area contributed by atoms with Crippen LogP contribution in [-0.4, -0.2) is 32.3 Å². The van der Waals surface area contributed by atoms with Crippen molar-refractivity contribution < 1.29 is 4.79 Å². The van der Waals surface area contributed by atoms with E-state index in [0.29, 0.717) is 11.6 Å². The van der Waals surface area contributed by atoms with E-state index in [1.165, 1.54) is 11.8 Å². The molecule has 74 valence electrons. The Morgan fingerprint density at radius 3 is 3.00 bits per heavy atom. The maximum absolute atomic E-state index is 11.3. The van der Waals surface area contributed by atoms with Crippen molar-refractivity contribution in [3.63, 3.8) is 0 Å². The number of hydrogen-bond acceptors (Lipinski definition) is 4. The van der Waals surface area contributed by atoms with E-state index in [9.17, 15) is 4.79 Å². The van der Waals surface area contributed by atoms with Crippen molar-refractivity contribution in [2.24, 2.45) is 17.8 Å². The molecule has 0 bridgehead atoms. The molecule has 0 aliphatic carbocycles.